The Morgan fingerprint density at radius 1 is 1.25 bits per heavy atom. The highest BCUT2D eigenvalue weighted by Crippen LogP contribution is 2.19. The molecule has 0 fully saturated rings. The second kappa shape index (κ2) is 7.04. The molecule has 0 aliphatic carbocycles. The van der Waals surface area contributed by atoms with Gasteiger partial charge in [-0.25, -0.2) is 0 Å². The molecule has 4 heteroatoms. The smallest absolute Gasteiger partial charge is 0.0673 e. The van der Waals surface area contributed by atoms with Gasteiger partial charge >= 0.3 is 0 Å². The predicted octanol–water partition coefficient (Wildman–Crippen LogP) is 3.75. The Labute approximate surface area is 129 Å². The van der Waals surface area contributed by atoms with Crippen LogP contribution in [0.4, 0.5) is 0 Å². The van der Waals surface area contributed by atoms with Crippen molar-refractivity contribution < 1.29 is 0 Å². The minimum absolute atomic E-state index is 0.492. The molecular formula is C16H22BrN3. The third kappa shape index (κ3) is 3.70. The van der Waals surface area contributed by atoms with Crippen molar-refractivity contribution in [3.63, 3.8) is 0 Å². The zero-order chi connectivity index (χ0) is 14.5. The zero-order valence-electron chi connectivity index (χ0n) is 12.4. The first-order valence-electron chi connectivity index (χ1n) is 7.12. The quantitative estimate of drug-likeness (QED) is 0.871. The van der Waals surface area contributed by atoms with Crippen LogP contribution in [-0.4, -0.2) is 15.8 Å². The monoisotopic (exact) mass is 335 g/mol. The molecule has 0 radical (unpaired) electrons. The van der Waals surface area contributed by atoms with E-state index in [1.54, 1.807) is 0 Å². The molecule has 1 aromatic carbocycles. The van der Waals surface area contributed by atoms with E-state index in [1.165, 1.54) is 16.8 Å². The van der Waals surface area contributed by atoms with Crippen LogP contribution in [0.3, 0.4) is 0 Å². The summed E-state index contributed by atoms with van der Waals surface area (Å²) in [6.07, 6.45) is 2.99. The van der Waals surface area contributed by atoms with Crippen molar-refractivity contribution in [1.29, 1.82) is 0 Å². The topological polar surface area (TPSA) is 29.9 Å². The van der Waals surface area contributed by atoms with E-state index in [0.717, 1.165) is 24.0 Å². The summed E-state index contributed by atoms with van der Waals surface area (Å²) in [6, 6.07) is 8.81. The summed E-state index contributed by atoms with van der Waals surface area (Å²) < 4.78 is 3.25. The molecule has 1 heterocycles. The zero-order valence-corrected chi connectivity index (χ0v) is 13.9. The fraction of sp³-hybridized carbons (Fsp3) is 0.438. The summed E-state index contributed by atoms with van der Waals surface area (Å²) >= 11 is 3.60. The molecule has 1 N–H and O–H groups in total. The highest BCUT2D eigenvalue weighted by molar-refractivity contribution is 9.10. The van der Waals surface area contributed by atoms with Crippen LogP contribution >= 0.6 is 15.9 Å². The van der Waals surface area contributed by atoms with Gasteiger partial charge < -0.3 is 5.32 Å². The lowest BCUT2D eigenvalue weighted by atomic mass is 10.2. The van der Waals surface area contributed by atoms with Gasteiger partial charge in [-0.05, 0) is 18.1 Å². The van der Waals surface area contributed by atoms with Crippen LogP contribution in [0.1, 0.15) is 37.6 Å². The molecule has 0 atom stereocenters. The molecule has 0 amide bonds. The largest absolute Gasteiger partial charge is 0.310 e. The van der Waals surface area contributed by atoms with Gasteiger partial charge in [0.25, 0.3) is 0 Å². The van der Waals surface area contributed by atoms with Crippen molar-refractivity contribution in [3.05, 3.63) is 51.8 Å². The van der Waals surface area contributed by atoms with E-state index in [-0.39, 0.29) is 0 Å². The highest BCUT2D eigenvalue weighted by Gasteiger charge is 2.10. The number of halogens is 1. The number of nitrogens with zero attached hydrogens (tertiary/aromatic N) is 2. The third-order valence-corrected chi connectivity index (χ3v) is 4.12. The molecule has 0 spiro atoms. The van der Waals surface area contributed by atoms with Crippen molar-refractivity contribution in [2.75, 3.05) is 0 Å². The van der Waals surface area contributed by atoms with Crippen LogP contribution in [0.15, 0.2) is 34.9 Å². The Kier molecular flexibility index (Phi) is 5.38. The van der Waals surface area contributed by atoms with E-state index in [0.29, 0.717) is 6.04 Å². The standard InChI is InChI=1S/C16H22BrN3/c1-4-16-14(9-18-12(2)3)10-19-20(16)11-13-7-5-6-8-15(13)17/h5-8,10,12,18H,4,9,11H2,1-3H3. The van der Waals surface area contributed by atoms with Crippen molar-refractivity contribution >= 4 is 15.9 Å². The molecule has 108 valence electrons. The molecule has 0 unspecified atom stereocenters. The average molecular weight is 336 g/mol. The maximum atomic E-state index is 4.56. The first kappa shape index (κ1) is 15.3. The molecule has 2 rings (SSSR count). The Balaban J connectivity index is 2.18. The van der Waals surface area contributed by atoms with Gasteiger partial charge in [0.05, 0.1) is 12.7 Å². The van der Waals surface area contributed by atoms with Crippen LogP contribution in [0, 0.1) is 0 Å². The van der Waals surface area contributed by atoms with Crippen molar-refractivity contribution in [1.82, 2.24) is 15.1 Å². The summed E-state index contributed by atoms with van der Waals surface area (Å²) in [5.41, 5.74) is 3.87. The first-order valence-corrected chi connectivity index (χ1v) is 7.91. The summed E-state index contributed by atoms with van der Waals surface area (Å²) in [5.74, 6) is 0. The molecule has 0 aliphatic heterocycles. The van der Waals surface area contributed by atoms with Gasteiger partial charge in [0, 0.05) is 28.3 Å². The molecule has 20 heavy (non-hydrogen) atoms. The van der Waals surface area contributed by atoms with E-state index in [9.17, 15) is 0 Å². The summed E-state index contributed by atoms with van der Waals surface area (Å²) in [4.78, 5) is 0. The van der Waals surface area contributed by atoms with Gasteiger partial charge in [-0.15, -0.1) is 0 Å². The molecule has 3 nitrogen and oxygen atoms in total. The number of benzene rings is 1. The van der Waals surface area contributed by atoms with Crippen molar-refractivity contribution in [3.8, 4) is 0 Å². The lowest BCUT2D eigenvalue weighted by molar-refractivity contribution is 0.582. The molecule has 0 bridgehead atoms. The van der Waals surface area contributed by atoms with Gasteiger partial charge in [0.1, 0.15) is 0 Å². The van der Waals surface area contributed by atoms with E-state index >= 15 is 0 Å². The molecule has 2 aromatic rings. The van der Waals surface area contributed by atoms with Crippen LogP contribution in [0.2, 0.25) is 0 Å². The summed E-state index contributed by atoms with van der Waals surface area (Å²) in [6.45, 7) is 8.21. The van der Waals surface area contributed by atoms with E-state index in [4.69, 9.17) is 0 Å². The number of hydrogen-bond acceptors (Lipinski definition) is 2. The highest BCUT2D eigenvalue weighted by atomic mass is 79.9. The number of aromatic nitrogens is 2. The normalized spacial score (nSPS) is 11.2. The predicted molar refractivity (Wildman–Crippen MR) is 86.8 cm³/mol. The van der Waals surface area contributed by atoms with Crippen LogP contribution < -0.4 is 5.32 Å². The maximum Gasteiger partial charge on any atom is 0.0673 e. The summed E-state index contributed by atoms with van der Waals surface area (Å²) in [5, 5.41) is 8.02. The van der Waals surface area contributed by atoms with Crippen molar-refractivity contribution in [2.45, 2.75) is 46.3 Å². The summed E-state index contributed by atoms with van der Waals surface area (Å²) in [7, 11) is 0. The van der Waals surface area contributed by atoms with Gasteiger partial charge in [-0.2, -0.15) is 5.10 Å². The molecule has 1 aromatic heterocycles. The Morgan fingerprint density at radius 3 is 2.65 bits per heavy atom. The van der Waals surface area contributed by atoms with Crippen LogP contribution in [0.25, 0.3) is 0 Å². The maximum absolute atomic E-state index is 4.56. The molecule has 0 saturated heterocycles. The fourth-order valence-electron chi connectivity index (χ4n) is 2.24. The Bertz CT molecular complexity index is 561. The van der Waals surface area contributed by atoms with Gasteiger partial charge in [-0.1, -0.05) is 54.9 Å². The number of nitrogens with one attached hydrogen (secondary N) is 1. The van der Waals surface area contributed by atoms with E-state index in [1.807, 2.05) is 12.3 Å². The second-order valence-corrected chi connectivity index (χ2v) is 6.11. The first-order chi connectivity index (χ1) is 9.61. The Morgan fingerprint density at radius 2 is 2.00 bits per heavy atom. The van der Waals surface area contributed by atoms with Crippen LogP contribution in [0.5, 0.6) is 0 Å². The second-order valence-electron chi connectivity index (χ2n) is 5.25. The molecular weight excluding hydrogens is 314 g/mol. The van der Waals surface area contributed by atoms with Gasteiger partial charge in [0.15, 0.2) is 0 Å². The number of hydrogen-bond donors (Lipinski definition) is 1. The minimum Gasteiger partial charge on any atom is -0.310 e. The molecule has 0 aliphatic rings. The number of rotatable bonds is 6. The van der Waals surface area contributed by atoms with E-state index < -0.39 is 0 Å². The van der Waals surface area contributed by atoms with Crippen molar-refractivity contribution in [2.24, 2.45) is 0 Å². The molecule has 0 saturated carbocycles. The van der Waals surface area contributed by atoms with Gasteiger partial charge in [-0.3, -0.25) is 4.68 Å². The van der Waals surface area contributed by atoms with Gasteiger partial charge in [0.2, 0.25) is 0 Å². The lowest BCUT2D eigenvalue weighted by Gasteiger charge is -2.11. The Hall–Kier alpha value is -1.13. The minimum atomic E-state index is 0.492. The van der Waals surface area contributed by atoms with Crippen LogP contribution in [-0.2, 0) is 19.5 Å². The SMILES string of the molecule is CCc1c(CNC(C)C)cnn1Cc1ccccc1Br. The lowest BCUT2D eigenvalue weighted by Crippen LogP contribution is -2.22. The average Bonchev–Trinajstić information content (AvgIpc) is 2.81. The fourth-order valence-corrected chi connectivity index (χ4v) is 2.66. The third-order valence-electron chi connectivity index (χ3n) is 3.35. The van der Waals surface area contributed by atoms with E-state index in [2.05, 4.69) is 70.0 Å².